The van der Waals surface area contributed by atoms with Crippen molar-refractivity contribution in [3.63, 3.8) is 0 Å². The van der Waals surface area contributed by atoms with Crippen LogP contribution in [0.3, 0.4) is 0 Å². The summed E-state index contributed by atoms with van der Waals surface area (Å²) >= 11 is 0. The SMILES string of the molecule is CCc1nnc2c(n1)OC(c1cc(OC)c(O)c(OC)c1)Nc1ccccc1-2. The van der Waals surface area contributed by atoms with Gasteiger partial charge in [0.2, 0.25) is 11.6 Å². The molecule has 1 unspecified atom stereocenters. The Morgan fingerprint density at radius 3 is 2.50 bits per heavy atom. The Labute approximate surface area is 162 Å². The zero-order valence-electron chi connectivity index (χ0n) is 15.8. The number of methoxy groups -OCH3 is 2. The van der Waals surface area contributed by atoms with Gasteiger partial charge >= 0.3 is 0 Å². The lowest BCUT2D eigenvalue weighted by atomic mass is 10.1. The molecule has 2 aromatic carbocycles. The lowest BCUT2D eigenvalue weighted by Crippen LogP contribution is -2.17. The van der Waals surface area contributed by atoms with Crippen molar-refractivity contribution in [2.24, 2.45) is 0 Å². The van der Waals surface area contributed by atoms with Crippen molar-refractivity contribution >= 4 is 5.69 Å². The molecule has 0 aliphatic carbocycles. The highest BCUT2D eigenvalue weighted by Crippen LogP contribution is 2.43. The maximum absolute atomic E-state index is 10.2. The zero-order valence-corrected chi connectivity index (χ0v) is 15.8. The van der Waals surface area contributed by atoms with E-state index < -0.39 is 6.23 Å². The van der Waals surface area contributed by atoms with Crippen molar-refractivity contribution in [2.75, 3.05) is 19.5 Å². The number of nitrogens with zero attached hydrogens (tertiary/aromatic N) is 3. The number of rotatable bonds is 4. The quantitative estimate of drug-likeness (QED) is 0.711. The summed E-state index contributed by atoms with van der Waals surface area (Å²) in [6.45, 7) is 1.96. The van der Waals surface area contributed by atoms with E-state index in [9.17, 15) is 5.11 Å². The van der Waals surface area contributed by atoms with Crippen LogP contribution < -0.4 is 19.5 Å². The Hall–Kier alpha value is -3.55. The third-order valence-corrected chi connectivity index (χ3v) is 4.52. The lowest BCUT2D eigenvalue weighted by Gasteiger charge is -2.21. The van der Waals surface area contributed by atoms with E-state index in [0.717, 1.165) is 11.3 Å². The van der Waals surface area contributed by atoms with Crippen molar-refractivity contribution in [2.45, 2.75) is 19.6 Å². The molecule has 0 saturated carbocycles. The average molecular weight is 380 g/mol. The molecule has 1 aliphatic rings. The van der Waals surface area contributed by atoms with Crippen LogP contribution in [-0.2, 0) is 6.42 Å². The van der Waals surface area contributed by atoms with Gasteiger partial charge in [-0.3, -0.25) is 0 Å². The molecule has 0 bridgehead atoms. The van der Waals surface area contributed by atoms with Crippen molar-refractivity contribution in [3.8, 4) is 34.4 Å². The Balaban J connectivity index is 1.86. The van der Waals surface area contributed by atoms with Crippen LogP contribution in [0.15, 0.2) is 36.4 Å². The summed E-state index contributed by atoms with van der Waals surface area (Å²) in [6.07, 6.45) is 0.0387. The first kappa shape index (κ1) is 17.8. The summed E-state index contributed by atoms with van der Waals surface area (Å²) in [7, 11) is 2.96. The van der Waals surface area contributed by atoms with Crippen molar-refractivity contribution in [1.29, 1.82) is 0 Å². The molecule has 8 heteroatoms. The molecule has 0 radical (unpaired) electrons. The topological polar surface area (TPSA) is 98.6 Å². The Morgan fingerprint density at radius 1 is 1.11 bits per heavy atom. The first-order chi connectivity index (χ1) is 13.6. The maximum Gasteiger partial charge on any atom is 0.246 e. The largest absolute Gasteiger partial charge is 0.502 e. The van der Waals surface area contributed by atoms with Gasteiger partial charge in [0.1, 0.15) is 0 Å². The number of benzene rings is 2. The zero-order chi connectivity index (χ0) is 19.7. The Morgan fingerprint density at radius 2 is 1.82 bits per heavy atom. The highest BCUT2D eigenvalue weighted by molar-refractivity contribution is 5.79. The Bertz CT molecular complexity index is 1000. The first-order valence-corrected chi connectivity index (χ1v) is 8.85. The van der Waals surface area contributed by atoms with Gasteiger partial charge in [-0.2, -0.15) is 4.98 Å². The molecule has 28 heavy (non-hydrogen) atoms. The lowest BCUT2D eigenvalue weighted by molar-refractivity contribution is 0.225. The van der Waals surface area contributed by atoms with E-state index in [1.54, 1.807) is 12.1 Å². The van der Waals surface area contributed by atoms with Crippen molar-refractivity contribution < 1.29 is 19.3 Å². The summed E-state index contributed by atoms with van der Waals surface area (Å²) < 4.78 is 16.7. The van der Waals surface area contributed by atoms with Gasteiger partial charge in [0.05, 0.1) is 14.2 Å². The van der Waals surface area contributed by atoms with E-state index in [4.69, 9.17) is 14.2 Å². The molecule has 4 rings (SSSR count). The normalized spacial score (nSPS) is 14.8. The van der Waals surface area contributed by atoms with E-state index in [1.807, 2.05) is 31.2 Å². The van der Waals surface area contributed by atoms with Gasteiger partial charge in [0, 0.05) is 23.2 Å². The molecule has 2 N–H and O–H groups in total. The summed E-state index contributed by atoms with van der Waals surface area (Å²) in [4.78, 5) is 4.52. The number of phenols is 1. The summed E-state index contributed by atoms with van der Waals surface area (Å²) in [5, 5.41) is 22.1. The number of phenolic OH excluding ortho intramolecular Hbond substituents is 1. The second-order valence-corrected chi connectivity index (χ2v) is 6.20. The molecular weight excluding hydrogens is 360 g/mol. The summed E-state index contributed by atoms with van der Waals surface area (Å²) in [5.41, 5.74) is 2.95. The smallest absolute Gasteiger partial charge is 0.246 e. The number of fused-ring (bicyclic) bond motifs is 3. The highest BCUT2D eigenvalue weighted by Gasteiger charge is 2.27. The van der Waals surface area contributed by atoms with Crippen LogP contribution in [-0.4, -0.2) is 34.5 Å². The van der Waals surface area contributed by atoms with Crippen LogP contribution in [0, 0.1) is 0 Å². The third-order valence-electron chi connectivity index (χ3n) is 4.52. The second-order valence-electron chi connectivity index (χ2n) is 6.20. The molecule has 2 heterocycles. The van der Waals surface area contributed by atoms with E-state index in [-0.39, 0.29) is 17.2 Å². The van der Waals surface area contributed by atoms with Crippen LogP contribution in [0.5, 0.6) is 23.1 Å². The monoisotopic (exact) mass is 380 g/mol. The van der Waals surface area contributed by atoms with Crippen LogP contribution >= 0.6 is 0 Å². The molecule has 0 fully saturated rings. The van der Waals surface area contributed by atoms with E-state index in [2.05, 4.69) is 20.5 Å². The molecule has 0 amide bonds. The molecule has 1 atom stereocenters. The number of anilines is 1. The molecular formula is C20H20N4O4. The number of aromatic hydroxyl groups is 1. The van der Waals surface area contributed by atoms with E-state index >= 15 is 0 Å². The number of hydrogen-bond acceptors (Lipinski definition) is 8. The molecule has 3 aromatic rings. The fourth-order valence-electron chi connectivity index (χ4n) is 3.06. The van der Waals surface area contributed by atoms with Gasteiger partial charge in [0.15, 0.2) is 29.2 Å². The van der Waals surface area contributed by atoms with Crippen molar-refractivity contribution in [1.82, 2.24) is 15.2 Å². The van der Waals surface area contributed by atoms with Crippen LogP contribution in [0.4, 0.5) is 5.69 Å². The molecule has 0 spiro atoms. The number of nitrogens with one attached hydrogen (secondary N) is 1. The molecule has 144 valence electrons. The van der Waals surface area contributed by atoms with Gasteiger partial charge in [-0.05, 0) is 18.2 Å². The standard InChI is InChI=1S/C20H20N4O4/c1-4-16-22-20-17(24-23-16)12-7-5-6-8-13(12)21-19(28-20)11-9-14(26-2)18(25)15(10-11)27-3/h5-10,19,21,25H,4H2,1-3H3. The molecule has 0 saturated heterocycles. The van der Waals surface area contributed by atoms with E-state index in [0.29, 0.717) is 29.4 Å². The summed E-state index contributed by atoms with van der Waals surface area (Å²) in [6, 6.07) is 11.1. The van der Waals surface area contributed by atoms with Gasteiger partial charge in [-0.1, -0.05) is 25.1 Å². The molecule has 1 aliphatic heterocycles. The predicted molar refractivity (Wildman–Crippen MR) is 103 cm³/mol. The van der Waals surface area contributed by atoms with Crippen LogP contribution in [0.2, 0.25) is 0 Å². The van der Waals surface area contributed by atoms with Crippen LogP contribution in [0.1, 0.15) is 24.5 Å². The minimum Gasteiger partial charge on any atom is -0.502 e. The fourth-order valence-corrected chi connectivity index (χ4v) is 3.06. The maximum atomic E-state index is 10.2. The summed E-state index contributed by atoms with van der Waals surface area (Å²) in [5.74, 6) is 1.48. The third kappa shape index (κ3) is 3.02. The molecule has 1 aromatic heterocycles. The molecule has 8 nitrogen and oxygen atoms in total. The average Bonchev–Trinajstić information content (AvgIpc) is 2.90. The fraction of sp³-hybridized carbons (Fsp3) is 0.250. The van der Waals surface area contributed by atoms with Crippen LogP contribution in [0.25, 0.3) is 11.3 Å². The number of hydrogen-bond donors (Lipinski definition) is 2. The number of aryl methyl sites for hydroxylation is 1. The highest BCUT2D eigenvalue weighted by atomic mass is 16.5. The minimum atomic E-state index is -0.604. The number of para-hydroxylation sites is 1. The van der Waals surface area contributed by atoms with E-state index in [1.165, 1.54) is 14.2 Å². The van der Waals surface area contributed by atoms with Crippen molar-refractivity contribution in [3.05, 3.63) is 47.8 Å². The van der Waals surface area contributed by atoms with Gasteiger partial charge in [-0.25, -0.2) is 0 Å². The number of ether oxygens (including phenoxy) is 3. The van der Waals surface area contributed by atoms with Gasteiger partial charge in [-0.15, -0.1) is 10.2 Å². The van der Waals surface area contributed by atoms with Gasteiger partial charge in [0.25, 0.3) is 0 Å². The second kappa shape index (κ2) is 7.22. The number of aromatic nitrogens is 3. The predicted octanol–water partition coefficient (Wildman–Crippen LogP) is 3.33. The Kier molecular flexibility index (Phi) is 4.60. The van der Waals surface area contributed by atoms with Gasteiger partial charge < -0.3 is 24.6 Å². The minimum absolute atomic E-state index is 0.0690. The first-order valence-electron chi connectivity index (χ1n) is 8.85.